The number of aliphatic hydroxyl groups excluding tert-OH is 1. The normalized spacial score (nSPS) is 16.6. The van der Waals surface area contributed by atoms with Crippen LogP contribution in [-0.4, -0.2) is 117 Å². The Morgan fingerprint density at radius 2 is 1.58 bits per heavy atom. The maximum atomic E-state index is 14.0. The summed E-state index contributed by atoms with van der Waals surface area (Å²) < 4.78 is 19.4. The topological polar surface area (TPSA) is 211 Å². The molecule has 0 spiro atoms. The highest BCUT2D eigenvalue weighted by atomic mass is 35.5. The number of carbonyl (C=O) groups excluding carboxylic acids is 4. The number of benzene rings is 3. The Morgan fingerprint density at radius 3 is 2.26 bits per heavy atom. The first-order valence-electron chi connectivity index (χ1n) is 25.6. The fourth-order valence-corrected chi connectivity index (χ4v) is 11.3. The molecule has 2 aliphatic rings. The number of nitrogens with one attached hydrogen (secondary N) is 3. The summed E-state index contributed by atoms with van der Waals surface area (Å²) in [6.07, 6.45) is 1.12. The SMILES string of the molecule is CCc1nnc2n1-c1sc(C)c(C)c1C(c1ccc(Cl)cc1)=N[C@H]2CC(=O)Nc1ccc(OCCCOCCCOCC(=O)NC(C(=O)N2C[C@H](O)C[C@H]2C(=O)NCc2ccc(-c3scnc3C)cc2)C(C)(C)C)cc1. The fraction of sp³-hybridized carbons (Fsp3) is 0.429. The van der Waals surface area contributed by atoms with Gasteiger partial charge in [0.25, 0.3) is 0 Å². The van der Waals surface area contributed by atoms with Gasteiger partial charge in [-0.15, -0.1) is 32.9 Å². The van der Waals surface area contributed by atoms with Crippen molar-refractivity contribution >= 4 is 69.3 Å². The zero-order valence-electron chi connectivity index (χ0n) is 44.0. The molecule has 0 saturated carbocycles. The third kappa shape index (κ3) is 13.6. The van der Waals surface area contributed by atoms with Crippen molar-refractivity contribution in [2.75, 3.05) is 44.9 Å². The zero-order chi connectivity index (χ0) is 54.1. The minimum atomic E-state index is -0.964. The lowest BCUT2D eigenvalue weighted by Gasteiger charge is -2.35. The standard InChI is InChI=1S/C56H66ClN9O8S2/c1-8-45-63-64-52-43(61-49(37-15-17-39(57)18-16-37)48-33(2)35(4)76-55(48)66(45)52)28-46(68)60-40-19-21-42(22-20-40)74-26-10-24-72-23-9-25-73-31-47(69)62-51(56(5,6)7)54(71)65-30-41(67)27-44(65)53(70)58-29-36-11-13-38(14-12-36)50-34(3)59-32-75-50/h11-22,32,41,43-44,51,67H,8-10,23-31H2,1-7H3,(H,58,70)(H,60,68)(H,62,69)/t41-,43+,44+,51?/m1/s1. The molecular formula is C56H66ClN9O8S2. The van der Waals surface area contributed by atoms with Gasteiger partial charge in [-0.3, -0.25) is 28.7 Å². The fourth-order valence-electron chi connectivity index (χ4n) is 9.17. The summed E-state index contributed by atoms with van der Waals surface area (Å²) in [5, 5.41) is 30.1. The van der Waals surface area contributed by atoms with Gasteiger partial charge in [-0.25, -0.2) is 4.98 Å². The van der Waals surface area contributed by atoms with E-state index in [1.54, 1.807) is 46.9 Å². The first kappa shape index (κ1) is 55.9. The Hall–Kier alpha value is -6.35. The lowest BCUT2D eigenvalue weighted by Crippen LogP contribution is -2.58. The number of aliphatic imine (C=N–C) groups is 1. The molecule has 1 fully saturated rings. The van der Waals surface area contributed by atoms with E-state index < -0.39 is 41.5 Å². The van der Waals surface area contributed by atoms with Gasteiger partial charge in [-0.2, -0.15) is 0 Å². The zero-order valence-corrected chi connectivity index (χ0v) is 46.4. The number of hydrogen-bond donors (Lipinski definition) is 4. The number of thiazole rings is 1. The molecular weight excluding hydrogens is 1030 g/mol. The van der Waals surface area contributed by atoms with E-state index in [0.29, 0.717) is 61.4 Å². The van der Waals surface area contributed by atoms with Gasteiger partial charge in [-0.05, 0) is 85.7 Å². The minimum Gasteiger partial charge on any atom is -0.494 e. The number of aromatic nitrogens is 4. The van der Waals surface area contributed by atoms with Crippen LogP contribution < -0.4 is 20.7 Å². The first-order chi connectivity index (χ1) is 36.5. The molecule has 3 aromatic heterocycles. The second-order valence-corrected chi connectivity index (χ2v) is 22.6. The molecule has 1 saturated heterocycles. The molecule has 8 rings (SSSR count). The molecule has 1 unspecified atom stereocenters. The average molecular weight is 1090 g/mol. The van der Waals surface area contributed by atoms with E-state index in [9.17, 15) is 24.3 Å². The van der Waals surface area contributed by atoms with Gasteiger partial charge in [0.2, 0.25) is 23.6 Å². The summed E-state index contributed by atoms with van der Waals surface area (Å²) in [5.41, 5.74) is 8.46. The molecule has 402 valence electrons. The summed E-state index contributed by atoms with van der Waals surface area (Å²) in [6, 6.07) is 20.2. The van der Waals surface area contributed by atoms with Gasteiger partial charge in [0.1, 0.15) is 41.3 Å². The van der Waals surface area contributed by atoms with Crippen molar-refractivity contribution in [1.82, 2.24) is 35.3 Å². The van der Waals surface area contributed by atoms with E-state index in [0.717, 1.165) is 54.9 Å². The highest BCUT2D eigenvalue weighted by molar-refractivity contribution is 7.15. The molecule has 0 radical (unpaired) electrons. The van der Waals surface area contributed by atoms with Crippen LogP contribution in [0.3, 0.4) is 0 Å². The quantitative estimate of drug-likeness (QED) is 0.0474. The molecule has 6 aromatic rings. The van der Waals surface area contributed by atoms with Gasteiger partial charge in [-0.1, -0.05) is 75.7 Å². The van der Waals surface area contributed by atoms with Gasteiger partial charge < -0.3 is 40.2 Å². The number of thiophene rings is 1. The highest BCUT2D eigenvalue weighted by Crippen LogP contribution is 2.40. The predicted octanol–water partition coefficient (Wildman–Crippen LogP) is 8.52. The Balaban J connectivity index is 0.728. The van der Waals surface area contributed by atoms with Crippen LogP contribution in [-0.2, 0) is 41.6 Å². The number of aliphatic hydroxyl groups is 1. The number of likely N-dealkylation sites (tertiary alicyclic amines) is 1. The number of fused-ring (bicyclic) bond motifs is 3. The number of ether oxygens (including phenoxy) is 3. The van der Waals surface area contributed by atoms with Crippen molar-refractivity contribution in [3.8, 4) is 21.2 Å². The number of hydrogen-bond acceptors (Lipinski definition) is 14. The Bertz CT molecular complexity index is 3020. The summed E-state index contributed by atoms with van der Waals surface area (Å²) in [7, 11) is 0. The molecule has 76 heavy (non-hydrogen) atoms. The van der Waals surface area contributed by atoms with Crippen molar-refractivity contribution in [2.45, 2.75) is 111 Å². The molecule has 4 atom stereocenters. The van der Waals surface area contributed by atoms with Crippen LogP contribution in [0.25, 0.3) is 15.4 Å². The van der Waals surface area contributed by atoms with Crippen molar-refractivity contribution in [2.24, 2.45) is 10.4 Å². The van der Waals surface area contributed by atoms with Crippen LogP contribution in [0.2, 0.25) is 5.02 Å². The molecule has 0 aliphatic carbocycles. The predicted molar refractivity (Wildman–Crippen MR) is 296 cm³/mol. The molecule has 20 heteroatoms. The third-order valence-corrected chi connectivity index (χ3v) is 15.7. The van der Waals surface area contributed by atoms with E-state index in [1.165, 1.54) is 9.78 Å². The monoisotopic (exact) mass is 1090 g/mol. The molecule has 2 aliphatic heterocycles. The number of anilines is 1. The van der Waals surface area contributed by atoms with Gasteiger partial charge in [0, 0.05) is 78.9 Å². The lowest BCUT2D eigenvalue weighted by atomic mass is 9.85. The second-order valence-electron chi connectivity index (χ2n) is 20.1. The number of amides is 4. The van der Waals surface area contributed by atoms with Crippen molar-refractivity contribution in [3.05, 3.63) is 128 Å². The summed E-state index contributed by atoms with van der Waals surface area (Å²) >= 11 is 9.52. The second kappa shape index (κ2) is 25.2. The summed E-state index contributed by atoms with van der Waals surface area (Å²) in [5.74, 6) is 0.587. The first-order valence-corrected chi connectivity index (χ1v) is 27.7. The van der Waals surface area contributed by atoms with Gasteiger partial charge in [0.15, 0.2) is 5.82 Å². The molecule has 4 amide bonds. The number of carbonyl (C=O) groups is 4. The summed E-state index contributed by atoms with van der Waals surface area (Å²) in [4.78, 5) is 67.4. The Morgan fingerprint density at radius 1 is 0.882 bits per heavy atom. The average Bonchev–Trinajstić information content (AvgIpc) is 4.20. The van der Waals surface area contributed by atoms with Crippen LogP contribution in [0.4, 0.5) is 5.69 Å². The highest BCUT2D eigenvalue weighted by Gasteiger charge is 2.44. The lowest BCUT2D eigenvalue weighted by molar-refractivity contribution is -0.144. The van der Waals surface area contributed by atoms with Crippen LogP contribution >= 0.6 is 34.3 Å². The maximum Gasteiger partial charge on any atom is 0.246 e. The third-order valence-electron chi connectivity index (χ3n) is 13.3. The van der Waals surface area contributed by atoms with Gasteiger partial charge >= 0.3 is 0 Å². The number of halogens is 1. The van der Waals surface area contributed by atoms with Crippen LogP contribution in [0, 0.1) is 26.2 Å². The van der Waals surface area contributed by atoms with Gasteiger partial charge in [0.05, 0.1) is 40.9 Å². The largest absolute Gasteiger partial charge is 0.494 e. The van der Waals surface area contributed by atoms with Crippen molar-refractivity contribution < 1.29 is 38.5 Å². The van der Waals surface area contributed by atoms with Crippen molar-refractivity contribution in [1.29, 1.82) is 0 Å². The Kier molecular flexibility index (Phi) is 18.5. The van der Waals surface area contributed by atoms with E-state index in [-0.39, 0.29) is 51.0 Å². The minimum absolute atomic E-state index is 0.0176. The van der Waals surface area contributed by atoms with E-state index in [2.05, 4.69) is 49.5 Å². The molecule has 5 heterocycles. The van der Waals surface area contributed by atoms with Crippen molar-refractivity contribution in [3.63, 3.8) is 0 Å². The smallest absolute Gasteiger partial charge is 0.246 e. The number of nitrogens with zero attached hydrogens (tertiary/aromatic N) is 6. The number of aryl methyl sites for hydroxylation is 3. The van der Waals surface area contributed by atoms with E-state index >= 15 is 0 Å². The van der Waals surface area contributed by atoms with Crippen LogP contribution in [0.1, 0.15) is 104 Å². The molecule has 4 N–H and O–H groups in total. The molecule has 17 nitrogen and oxygen atoms in total. The van der Waals surface area contributed by atoms with Crippen LogP contribution in [0.15, 0.2) is 83.3 Å². The van der Waals surface area contributed by atoms with E-state index in [4.69, 9.17) is 30.8 Å². The summed E-state index contributed by atoms with van der Waals surface area (Å²) in [6.45, 7) is 15.3. The Labute approximate surface area is 456 Å². The number of rotatable bonds is 22. The number of β-amino-alcohol motifs (C(OH)–C–C–N with tert-alkyl or cyclic N) is 1. The van der Waals surface area contributed by atoms with E-state index in [1.807, 2.05) is 88.7 Å². The molecule has 3 aromatic carbocycles. The molecule has 0 bridgehead atoms. The maximum absolute atomic E-state index is 14.0. The van der Waals surface area contributed by atoms with Crippen LogP contribution in [0.5, 0.6) is 5.75 Å².